The summed E-state index contributed by atoms with van der Waals surface area (Å²) in [5.74, 6) is -0.582. The highest BCUT2D eigenvalue weighted by molar-refractivity contribution is 7.17. The van der Waals surface area contributed by atoms with Crippen molar-refractivity contribution in [1.82, 2.24) is 9.78 Å². The zero-order valence-corrected chi connectivity index (χ0v) is 17.4. The molecule has 1 amide bonds. The maximum absolute atomic E-state index is 12.6. The number of aromatic nitrogens is 2. The molecule has 0 aliphatic heterocycles. The number of hydrogen-bond acceptors (Lipinski definition) is 5. The van der Waals surface area contributed by atoms with Gasteiger partial charge in [-0.05, 0) is 51.5 Å². The second-order valence-corrected chi connectivity index (χ2v) is 8.22. The van der Waals surface area contributed by atoms with Gasteiger partial charge in [-0.25, -0.2) is 4.79 Å². The molecule has 146 valence electrons. The highest BCUT2D eigenvalue weighted by Crippen LogP contribution is 2.38. The number of anilines is 1. The zero-order valence-electron chi connectivity index (χ0n) is 15.9. The van der Waals surface area contributed by atoms with Crippen LogP contribution in [0.25, 0.3) is 0 Å². The van der Waals surface area contributed by atoms with Crippen molar-refractivity contribution in [1.29, 1.82) is 0 Å². The minimum Gasteiger partial charge on any atom is -0.462 e. The average Bonchev–Trinajstić information content (AvgIpc) is 3.12. The van der Waals surface area contributed by atoms with Gasteiger partial charge in [-0.1, -0.05) is 18.5 Å². The van der Waals surface area contributed by atoms with Crippen LogP contribution in [0, 0.1) is 13.8 Å². The molecule has 2 aromatic heterocycles. The van der Waals surface area contributed by atoms with Crippen LogP contribution in [0.3, 0.4) is 0 Å². The first-order valence-electron chi connectivity index (χ1n) is 9.23. The molecule has 0 spiro atoms. The Balaban J connectivity index is 1.82. The molecule has 0 atom stereocenters. The van der Waals surface area contributed by atoms with Crippen LogP contribution in [0.5, 0.6) is 0 Å². The summed E-state index contributed by atoms with van der Waals surface area (Å²) in [7, 11) is 0. The van der Waals surface area contributed by atoms with Crippen molar-refractivity contribution in [3.63, 3.8) is 0 Å². The predicted octanol–water partition coefficient (Wildman–Crippen LogP) is 4.30. The maximum atomic E-state index is 12.6. The topological polar surface area (TPSA) is 73.2 Å². The van der Waals surface area contributed by atoms with E-state index < -0.39 is 0 Å². The molecule has 0 saturated heterocycles. The first-order valence-corrected chi connectivity index (χ1v) is 10.4. The van der Waals surface area contributed by atoms with Gasteiger partial charge in [0.15, 0.2) is 0 Å². The van der Waals surface area contributed by atoms with E-state index in [1.54, 1.807) is 11.6 Å². The third-order valence-corrected chi connectivity index (χ3v) is 6.41. The number of thiophene rings is 1. The molecule has 0 radical (unpaired) electrons. The lowest BCUT2D eigenvalue weighted by molar-refractivity contribution is -0.116. The number of hydrogen-bond donors (Lipinski definition) is 1. The number of halogens is 1. The van der Waals surface area contributed by atoms with E-state index in [4.69, 9.17) is 16.3 Å². The van der Waals surface area contributed by atoms with Crippen molar-refractivity contribution in [2.24, 2.45) is 0 Å². The summed E-state index contributed by atoms with van der Waals surface area (Å²) in [5.41, 5.74) is 3.01. The Hall–Kier alpha value is -1.86. The molecule has 0 fully saturated rings. The van der Waals surface area contributed by atoms with E-state index in [0.29, 0.717) is 27.9 Å². The largest absolute Gasteiger partial charge is 0.462 e. The van der Waals surface area contributed by atoms with Gasteiger partial charge in [-0.15, -0.1) is 11.3 Å². The number of rotatable bonds is 6. The van der Waals surface area contributed by atoms with Crippen LogP contribution < -0.4 is 5.32 Å². The number of esters is 1. The van der Waals surface area contributed by atoms with Gasteiger partial charge in [0.1, 0.15) is 11.5 Å². The Bertz CT molecular complexity index is 872. The Kier molecular flexibility index (Phi) is 6.22. The van der Waals surface area contributed by atoms with Crippen LogP contribution >= 0.6 is 22.9 Å². The minimum absolute atomic E-state index is 0.0470. The number of fused-ring (bicyclic) bond motifs is 1. The van der Waals surface area contributed by atoms with E-state index >= 15 is 0 Å². The van der Waals surface area contributed by atoms with Crippen molar-refractivity contribution < 1.29 is 14.3 Å². The maximum Gasteiger partial charge on any atom is 0.341 e. The molecule has 3 rings (SSSR count). The lowest BCUT2D eigenvalue weighted by atomic mass is 9.95. The van der Waals surface area contributed by atoms with Gasteiger partial charge in [0, 0.05) is 4.88 Å². The summed E-state index contributed by atoms with van der Waals surface area (Å²) < 4.78 is 6.94. The fourth-order valence-electron chi connectivity index (χ4n) is 3.27. The van der Waals surface area contributed by atoms with Crippen molar-refractivity contribution >= 4 is 39.8 Å². The molecule has 27 heavy (non-hydrogen) atoms. The predicted molar refractivity (Wildman–Crippen MR) is 107 cm³/mol. The average molecular weight is 410 g/mol. The van der Waals surface area contributed by atoms with E-state index in [1.165, 1.54) is 16.2 Å². The van der Waals surface area contributed by atoms with Crippen LogP contribution in [0.2, 0.25) is 5.02 Å². The summed E-state index contributed by atoms with van der Waals surface area (Å²) >= 11 is 7.64. The number of aryl methyl sites for hydroxylation is 2. The van der Waals surface area contributed by atoms with Gasteiger partial charge in [0.25, 0.3) is 0 Å². The Labute approximate surface area is 167 Å². The highest BCUT2D eigenvalue weighted by atomic mass is 35.5. The SMILES string of the molecule is CCCOC(=O)c1c(NC(=O)Cn2nc(C)c(Cl)c2C)sc2c1CCCC2. The Morgan fingerprint density at radius 1 is 1.30 bits per heavy atom. The van der Waals surface area contributed by atoms with Crippen LogP contribution in [0.15, 0.2) is 0 Å². The molecule has 6 nitrogen and oxygen atoms in total. The van der Waals surface area contributed by atoms with Crippen LogP contribution in [0.1, 0.15) is 58.4 Å². The van der Waals surface area contributed by atoms with Gasteiger partial charge in [-0.2, -0.15) is 5.10 Å². The van der Waals surface area contributed by atoms with Gasteiger partial charge in [0.05, 0.1) is 28.6 Å². The molecule has 2 heterocycles. The smallest absolute Gasteiger partial charge is 0.341 e. The van der Waals surface area contributed by atoms with Crippen LogP contribution in [-0.2, 0) is 28.9 Å². The Morgan fingerprint density at radius 2 is 2.04 bits per heavy atom. The summed E-state index contributed by atoms with van der Waals surface area (Å²) in [5, 5.41) is 8.35. The number of nitrogens with one attached hydrogen (secondary N) is 1. The fourth-order valence-corrected chi connectivity index (χ4v) is 4.70. The number of carbonyl (C=O) groups is 2. The normalized spacial score (nSPS) is 13.3. The third-order valence-electron chi connectivity index (χ3n) is 4.65. The molecule has 0 aromatic carbocycles. The number of carbonyl (C=O) groups excluding carboxylic acids is 2. The summed E-state index contributed by atoms with van der Waals surface area (Å²) in [4.78, 5) is 26.4. The van der Waals surface area contributed by atoms with E-state index in [-0.39, 0.29) is 18.4 Å². The van der Waals surface area contributed by atoms with Crippen LogP contribution in [-0.4, -0.2) is 28.3 Å². The van der Waals surface area contributed by atoms with Gasteiger partial charge < -0.3 is 10.1 Å². The lowest BCUT2D eigenvalue weighted by Gasteiger charge is -2.12. The second-order valence-electron chi connectivity index (χ2n) is 6.74. The standard InChI is InChI=1S/C19H24ClN3O3S/c1-4-9-26-19(25)16-13-7-5-6-8-14(13)27-18(16)21-15(24)10-23-12(3)17(20)11(2)22-23/h4-10H2,1-3H3,(H,21,24). The first-order chi connectivity index (χ1) is 12.9. The molecule has 0 unspecified atom stereocenters. The summed E-state index contributed by atoms with van der Waals surface area (Å²) in [6.07, 6.45) is 4.71. The first kappa shape index (κ1) is 19.9. The molecule has 0 saturated carbocycles. The van der Waals surface area contributed by atoms with Gasteiger partial charge >= 0.3 is 5.97 Å². The molecule has 0 bridgehead atoms. The molecule has 2 aromatic rings. The minimum atomic E-state index is -0.347. The molecule has 1 aliphatic rings. The Morgan fingerprint density at radius 3 is 2.70 bits per heavy atom. The second kappa shape index (κ2) is 8.44. The summed E-state index contributed by atoms with van der Waals surface area (Å²) in [6, 6.07) is 0. The van der Waals surface area contributed by atoms with E-state index in [1.807, 2.05) is 13.8 Å². The van der Waals surface area contributed by atoms with Crippen LogP contribution in [0.4, 0.5) is 5.00 Å². The molecule has 8 heteroatoms. The number of ether oxygens (including phenoxy) is 1. The fraction of sp³-hybridized carbons (Fsp3) is 0.526. The molecule has 1 N–H and O–H groups in total. The summed E-state index contributed by atoms with van der Waals surface area (Å²) in [6.45, 7) is 6.01. The van der Waals surface area contributed by atoms with E-state index in [9.17, 15) is 9.59 Å². The molecular weight excluding hydrogens is 386 g/mol. The monoisotopic (exact) mass is 409 g/mol. The molecular formula is C19H24ClN3O3S. The van der Waals surface area contributed by atoms with Crippen molar-refractivity contribution in [2.45, 2.75) is 59.4 Å². The lowest BCUT2D eigenvalue weighted by Crippen LogP contribution is -2.21. The third kappa shape index (κ3) is 4.19. The van der Waals surface area contributed by atoms with E-state index in [2.05, 4.69) is 10.4 Å². The van der Waals surface area contributed by atoms with Gasteiger partial charge in [0.2, 0.25) is 5.91 Å². The van der Waals surface area contributed by atoms with E-state index in [0.717, 1.165) is 43.4 Å². The number of nitrogens with zero attached hydrogens (tertiary/aromatic N) is 2. The van der Waals surface area contributed by atoms with Crippen molar-refractivity contribution in [3.05, 3.63) is 32.4 Å². The number of amides is 1. The van der Waals surface area contributed by atoms with Crippen molar-refractivity contribution in [2.75, 3.05) is 11.9 Å². The van der Waals surface area contributed by atoms with Crippen molar-refractivity contribution in [3.8, 4) is 0 Å². The molecule has 1 aliphatic carbocycles. The highest BCUT2D eigenvalue weighted by Gasteiger charge is 2.27. The zero-order chi connectivity index (χ0) is 19.6. The van der Waals surface area contributed by atoms with Gasteiger partial charge in [-0.3, -0.25) is 9.48 Å². The quantitative estimate of drug-likeness (QED) is 0.722.